The molecule has 0 nitrogen and oxygen atoms in total. The highest BCUT2D eigenvalue weighted by molar-refractivity contribution is 5.28. The molecule has 0 aliphatic heterocycles. The zero-order chi connectivity index (χ0) is 9.68. The van der Waals surface area contributed by atoms with Gasteiger partial charge in [0.1, 0.15) is 0 Å². The topological polar surface area (TPSA) is 0 Å². The molecule has 0 bridgehead atoms. The number of hydrogen-bond acceptors (Lipinski definition) is 0. The van der Waals surface area contributed by atoms with Gasteiger partial charge in [-0.2, -0.15) is 0 Å². The van der Waals surface area contributed by atoms with Gasteiger partial charge in [-0.3, -0.25) is 0 Å². The normalized spacial score (nSPS) is 23.2. The van der Waals surface area contributed by atoms with E-state index in [9.17, 15) is 0 Å². The van der Waals surface area contributed by atoms with Gasteiger partial charge in [-0.15, -0.1) is 0 Å². The number of hydrogen-bond donors (Lipinski definition) is 0. The van der Waals surface area contributed by atoms with E-state index in [1.165, 1.54) is 12.0 Å². The second-order valence-corrected chi connectivity index (χ2v) is 3.98. The number of allylic oxidation sites excluding steroid dienone is 6. The molecule has 0 aromatic rings. The summed E-state index contributed by atoms with van der Waals surface area (Å²) >= 11 is 0. The van der Waals surface area contributed by atoms with Gasteiger partial charge in [0.15, 0.2) is 0 Å². The summed E-state index contributed by atoms with van der Waals surface area (Å²) in [7, 11) is 0. The van der Waals surface area contributed by atoms with Crippen LogP contribution in [-0.2, 0) is 0 Å². The third-order valence-corrected chi connectivity index (χ3v) is 2.35. The van der Waals surface area contributed by atoms with Gasteiger partial charge in [0.25, 0.3) is 0 Å². The quantitative estimate of drug-likeness (QED) is 0.564. The van der Waals surface area contributed by atoms with Crippen LogP contribution < -0.4 is 0 Å². The first-order valence-corrected chi connectivity index (χ1v) is 5.25. The van der Waals surface area contributed by atoms with Gasteiger partial charge in [-0.1, -0.05) is 49.3 Å². The van der Waals surface area contributed by atoms with Gasteiger partial charge in [-0.05, 0) is 32.1 Å². The van der Waals surface area contributed by atoms with E-state index >= 15 is 0 Å². The van der Waals surface area contributed by atoms with Crippen molar-refractivity contribution in [3.05, 3.63) is 35.5 Å². The van der Waals surface area contributed by atoms with Gasteiger partial charge in [0, 0.05) is 0 Å². The van der Waals surface area contributed by atoms with Gasteiger partial charge in [-0.25, -0.2) is 0 Å². The summed E-state index contributed by atoms with van der Waals surface area (Å²) < 4.78 is 0. The molecule has 0 heteroatoms. The molecule has 0 saturated heterocycles. The summed E-state index contributed by atoms with van der Waals surface area (Å²) in [6.07, 6.45) is 12.8. The average molecular weight is 176 g/mol. The van der Waals surface area contributed by atoms with Crippen molar-refractivity contribution in [2.45, 2.75) is 40.0 Å². The third kappa shape index (κ3) is 3.63. The summed E-state index contributed by atoms with van der Waals surface area (Å²) in [6.45, 7) is 6.67. The molecule has 0 aromatic carbocycles. The molecule has 0 fully saturated rings. The van der Waals surface area contributed by atoms with E-state index in [0.29, 0.717) is 0 Å². The average Bonchev–Trinajstić information content (AvgIpc) is 2.03. The molecular weight excluding hydrogens is 156 g/mol. The Kier molecular flexibility index (Phi) is 4.01. The minimum Gasteiger partial charge on any atom is -0.0885 e. The molecule has 0 aromatic heterocycles. The Hall–Kier alpha value is -0.780. The molecule has 0 spiro atoms. The second kappa shape index (κ2) is 5.06. The number of rotatable bonds is 3. The van der Waals surface area contributed by atoms with Gasteiger partial charge in [0.05, 0.1) is 0 Å². The molecule has 0 amide bonds. The van der Waals surface area contributed by atoms with Crippen molar-refractivity contribution < 1.29 is 0 Å². The zero-order valence-corrected chi connectivity index (χ0v) is 9.01. The molecule has 0 radical (unpaired) electrons. The smallest absolute Gasteiger partial charge is 0.0135 e. The van der Waals surface area contributed by atoms with Gasteiger partial charge >= 0.3 is 0 Å². The highest BCUT2D eigenvalue weighted by atomic mass is 14.1. The van der Waals surface area contributed by atoms with Crippen molar-refractivity contribution >= 4 is 0 Å². The van der Waals surface area contributed by atoms with Crippen LogP contribution in [0.25, 0.3) is 0 Å². The van der Waals surface area contributed by atoms with Gasteiger partial charge in [0.2, 0.25) is 0 Å². The van der Waals surface area contributed by atoms with Crippen LogP contribution in [-0.4, -0.2) is 0 Å². The first-order chi connectivity index (χ1) is 6.22. The standard InChI is InChI=1S/C13H20/c1-4-5-6-7-13-9-11(2)8-12(3)10-13/h5-6,8-9,12H,4,7,10H2,1-3H3/b6-5-. The molecule has 72 valence electrons. The molecule has 0 saturated carbocycles. The monoisotopic (exact) mass is 176 g/mol. The van der Waals surface area contributed by atoms with E-state index in [4.69, 9.17) is 0 Å². The van der Waals surface area contributed by atoms with Crippen LogP contribution in [0.15, 0.2) is 35.5 Å². The molecular formula is C13H20. The van der Waals surface area contributed by atoms with Crippen LogP contribution in [0.2, 0.25) is 0 Å². The Morgan fingerprint density at radius 3 is 2.85 bits per heavy atom. The Bertz CT molecular complexity index is 241. The predicted molar refractivity (Wildman–Crippen MR) is 59.7 cm³/mol. The molecule has 1 aliphatic rings. The largest absolute Gasteiger partial charge is 0.0885 e. The lowest BCUT2D eigenvalue weighted by Crippen LogP contribution is -1.99. The maximum Gasteiger partial charge on any atom is -0.0135 e. The van der Waals surface area contributed by atoms with Crippen molar-refractivity contribution in [1.82, 2.24) is 0 Å². The molecule has 0 N–H and O–H groups in total. The highest BCUT2D eigenvalue weighted by Gasteiger charge is 2.07. The Morgan fingerprint density at radius 2 is 2.23 bits per heavy atom. The van der Waals surface area contributed by atoms with Crippen molar-refractivity contribution in [2.75, 3.05) is 0 Å². The molecule has 13 heavy (non-hydrogen) atoms. The maximum atomic E-state index is 2.35. The molecule has 1 atom stereocenters. The lowest BCUT2D eigenvalue weighted by Gasteiger charge is -2.15. The summed E-state index contributed by atoms with van der Waals surface area (Å²) in [5, 5.41) is 0. The summed E-state index contributed by atoms with van der Waals surface area (Å²) in [6, 6.07) is 0. The van der Waals surface area contributed by atoms with Crippen molar-refractivity contribution in [2.24, 2.45) is 5.92 Å². The van der Waals surface area contributed by atoms with E-state index < -0.39 is 0 Å². The summed E-state index contributed by atoms with van der Waals surface area (Å²) in [5.41, 5.74) is 3.01. The van der Waals surface area contributed by atoms with E-state index in [1.807, 2.05) is 0 Å². The van der Waals surface area contributed by atoms with Crippen molar-refractivity contribution in [3.8, 4) is 0 Å². The Balaban J connectivity index is 2.51. The van der Waals surface area contributed by atoms with Crippen LogP contribution in [0.1, 0.15) is 40.0 Å². The van der Waals surface area contributed by atoms with E-state index in [-0.39, 0.29) is 0 Å². The third-order valence-electron chi connectivity index (χ3n) is 2.35. The lowest BCUT2D eigenvalue weighted by atomic mass is 9.90. The van der Waals surface area contributed by atoms with Crippen LogP contribution in [0.3, 0.4) is 0 Å². The lowest BCUT2D eigenvalue weighted by molar-refractivity contribution is 0.689. The van der Waals surface area contributed by atoms with Gasteiger partial charge < -0.3 is 0 Å². The molecule has 1 rings (SSSR count). The van der Waals surface area contributed by atoms with Crippen molar-refractivity contribution in [1.29, 1.82) is 0 Å². The second-order valence-electron chi connectivity index (χ2n) is 3.98. The van der Waals surface area contributed by atoms with E-state index in [1.54, 1.807) is 5.57 Å². The molecule has 1 unspecified atom stereocenters. The van der Waals surface area contributed by atoms with Crippen LogP contribution >= 0.6 is 0 Å². The zero-order valence-electron chi connectivity index (χ0n) is 9.01. The van der Waals surface area contributed by atoms with E-state index in [0.717, 1.165) is 18.8 Å². The predicted octanol–water partition coefficient (Wildman–Crippen LogP) is 4.26. The molecule has 0 heterocycles. The first kappa shape index (κ1) is 10.3. The summed E-state index contributed by atoms with van der Waals surface area (Å²) in [5.74, 6) is 0.732. The fraction of sp³-hybridized carbons (Fsp3) is 0.538. The summed E-state index contributed by atoms with van der Waals surface area (Å²) in [4.78, 5) is 0. The van der Waals surface area contributed by atoms with Crippen LogP contribution in [0.4, 0.5) is 0 Å². The highest BCUT2D eigenvalue weighted by Crippen LogP contribution is 2.24. The minimum absolute atomic E-state index is 0.732. The SMILES string of the molecule is CC/C=C\CC1=CC(C)=CC(C)C1. The fourth-order valence-electron chi connectivity index (χ4n) is 1.89. The molecule has 1 aliphatic carbocycles. The van der Waals surface area contributed by atoms with Crippen LogP contribution in [0, 0.1) is 5.92 Å². The fourth-order valence-corrected chi connectivity index (χ4v) is 1.89. The van der Waals surface area contributed by atoms with E-state index in [2.05, 4.69) is 45.1 Å². The first-order valence-electron chi connectivity index (χ1n) is 5.25. The Morgan fingerprint density at radius 1 is 1.46 bits per heavy atom. The minimum atomic E-state index is 0.732. The van der Waals surface area contributed by atoms with Crippen molar-refractivity contribution in [3.63, 3.8) is 0 Å². The maximum absolute atomic E-state index is 2.35. The van der Waals surface area contributed by atoms with Crippen LogP contribution in [0.5, 0.6) is 0 Å². The Labute approximate surface area is 82.0 Å².